The number of ether oxygens (including phenoxy) is 1. The third kappa shape index (κ3) is 4.57. The molecule has 0 amide bonds. The molecule has 1 N–H and O–H groups in total. The Bertz CT molecular complexity index is 143. The Hall–Kier alpha value is 0.130. The molecule has 5 heteroatoms. The molecule has 1 unspecified atom stereocenters. The van der Waals surface area contributed by atoms with E-state index in [-0.39, 0.29) is 11.5 Å². The van der Waals surface area contributed by atoms with E-state index in [9.17, 15) is 8.78 Å². The number of rotatable bonds is 4. The molecule has 1 aliphatic rings. The van der Waals surface area contributed by atoms with E-state index in [4.69, 9.17) is 0 Å². The molecule has 84 valence electrons. The van der Waals surface area contributed by atoms with Crippen LogP contribution in [0, 0.1) is 0 Å². The molecule has 0 saturated heterocycles. The Morgan fingerprint density at radius 3 is 2.29 bits per heavy atom. The average Bonchev–Trinajstić information content (AvgIpc) is 2.06. The highest BCUT2D eigenvalue weighted by molar-refractivity contribution is 7.80. The third-order valence-electron chi connectivity index (χ3n) is 2.45. The second-order valence-corrected chi connectivity index (χ2v) is 4.49. The van der Waals surface area contributed by atoms with Gasteiger partial charge in [0.1, 0.15) is 0 Å². The van der Waals surface area contributed by atoms with Crippen LogP contribution in [0.3, 0.4) is 0 Å². The van der Waals surface area contributed by atoms with Gasteiger partial charge in [-0.1, -0.05) is 0 Å². The van der Waals surface area contributed by atoms with Gasteiger partial charge in [0.2, 0.25) is 0 Å². The second kappa shape index (κ2) is 5.88. The number of hydrogen-bond acceptors (Lipinski definition) is 3. The summed E-state index contributed by atoms with van der Waals surface area (Å²) in [5.41, 5.74) is 0. The first kappa shape index (κ1) is 12.2. The fourth-order valence-electron chi connectivity index (χ4n) is 1.85. The predicted octanol–water partition coefficient (Wildman–Crippen LogP) is 2.40. The van der Waals surface area contributed by atoms with E-state index < -0.39 is 6.61 Å². The molecule has 0 aliphatic heterocycles. The molecular formula is C9H17F2NOS. The van der Waals surface area contributed by atoms with Crippen molar-refractivity contribution < 1.29 is 13.5 Å². The van der Waals surface area contributed by atoms with Crippen LogP contribution in [0.15, 0.2) is 0 Å². The molecule has 0 spiro atoms. The summed E-state index contributed by atoms with van der Waals surface area (Å²) in [4.78, 5) is 0. The molecule has 14 heavy (non-hydrogen) atoms. The number of nitrogens with one attached hydrogen (secondary N) is 1. The van der Waals surface area contributed by atoms with E-state index in [0.29, 0.717) is 18.9 Å². The van der Waals surface area contributed by atoms with E-state index in [2.05, 4.69) is 22.7 Å². The molecule has 0 aromatic carbocycles. The van der Waals surface area contributed by atoms with Crippen LogP contribution in [0.4, 0.5) is 8.78 Å². The van der Waals surface area contributed by atoms with Gasteiger partial charge in [-0.2, -0.15) is 21.4 Å². The monoisotopic (exact) mass is 225 g/mol. The summed E-state index contributed by atoms with van der Waals surface area (Å²) in [7, 11) is 0. The molecule has 1 saturated carbocycles. The van der Waals surface area contributed by atoms with E-state index >= 15 is 0 Å². The third-order valence-corrected chi connectivity index (χ3v) is 2.60. The van der Waals surface area contributed by atoms with Crippen molar-refractivity contribution in [1.29, 1.82) is 0 Å². The zero-order chi connectivity index (χ0) is 10.6. The minimum atomic E-state index is -2.63. The molecule has 1 aliphatic carbocycles. The summed E-state index contributed by atoms with van der Waals surface area (Å²) < 4.78 is 28.2. The normalized spacial score (nSPS) is 30.6. The Balaban J connectivity index is 2.17. The van der Waals surface area contributed by atoms with Crippen LogP contribution in [-0.4, -0.2) is 24.1 Å². The van der Waals surface area contributed by atoms with Crippen LogP contribution in [0.1, 0.15) is 32.6 Å². The quantitative estimate of drug-likeness (QED) is 0.566. The highest BCUT2D eigenvalue weighted by atomic mass is 32.1. The van der Waals surface area contributed by atoms with Gasteiger partial charge in [0, 0.05) is 11.4 Å². The van der Waals surface area contributed by atoms with Crippen LogP contribution in [0.5, 0.6) is 0 Å². The lowest BCUT2D eigenvalue weighted by atomic mass is 9.93. The SMILES string of the molecule is CC(S)NC1CCC(OC(F)F)CC1. The highest BCUT2D eigenvalue weighted by Gasteiger charge is 2.23. The van der Waals surface area contributed by atoms with Gasteiger partial charge in [-0.3, -0.25) is 0 Å². The van der Waals surface area contributed by atoms with Gasteiger partial charge >= 0.3 is 6.61 Å². The van der Waals surface area contributed by atoms with Crippen molar-refractivity contribution in [2.24, 2.45) is 0 Å². The van der Waals surface area contributed by atoms with Crippen LogP contribution in [0.2, 0.25) is 0 Å². The van der Waals surface area contributed by atoms with Crippen molar-refractivity contribution in [3.05, 3.63) is 0 Å². The number of halogens is 2. The van der Waals surface area contributed by atoms with Crippen LogP contribution in [-0.2, 0) is 4.74 Å². The van der Waals surface area contributed by atoms with E-state index in [1.165, 1.54) is 0 Å². The zero-order valence-corrected chi connectivity index (χ0v) is 9.14. The van der Waals surface area contributed by atoms with Crippen LogP contribution in [0.25, 0.3) is 0 Å². The summed E-state index contributed by atoms with van der Waals surface area (Å²) in [5.74, 6) is 0. The molecule has 2 nitrogen and oxygen atoms in total. The Kier molecular flexibility index (Phi) is 5.12. The largest absolute Gasteiger partial charge is 0.345 e. The lowest BCUT2D eigenvalue weighted by molar-refractivity contribution is -0.170. The van der Waals surface area contributed by atoms with E-state index in [1.807, 2.05) is 6.92 Å². The maximum absolute atomic E-state index is 11.9. The fraction of sp³-hybridized carbons (Fsp3) is 1.00. The van der Waals surface area contributed by atoms with Gasteiger partial charge in [-0.05, 0) is 32.6 Å². The summed E-state index contributed by atoms with van der Waals surface area (Å²) in [6.45, 7) is -0.668. The van der Waals surface area contributed by atoms with Gasteiger partial charge in [0.05, 0.1) is 6.10 Å². The van der Waals surface area contributed by atoms with Crippen molar-refractivity contribution in [3.63, 3.8) is 0 Å². The maximum Gasteiger partial charge on any atom is 0.345 e. The lowest BCUT2D eigenvalue weighted by Gasteiger charge is -2.29. The number of alkyl halides is 2. The first-order valence-corrected chi connectivity index (χ1v) is 5.47. The number of hydrogen-bond donors (Lipinski definition) is 2. The average molecular weight is 225 g/mol. The van der Waals surface area contributed by atoms with Crippen molar-refractivity contribution in [2.75, 3.05) is 0 Å². The fourth-order valence-corrected chi connectivity index (χ4v) is 2.06. The van der Waals surface area contributed by atoms with Crippen LogP contribution >= 0.6 is 12.6 Å². The molecule has 1 fully saturated rings. The molecule has 0 heterocycles. The molecular weight excluding hydrogens is 208 g/mol. The van der Waals surface area contributed by atoms with Crippen LogP contribution < -0.4 is 5.32 Å². The van der Waals surface area contributed by atoms with Crippen molar-refractivity contribution in [1.82, 2.24) is 5.32 Å². The van der Waals surface area contributed by atoms with Crippen molar-refractivity contribution >= 4 is 12.6 Å². The zero-order valence-electron chi connectivity index (χ0n) is 8.25. The molecule has 0 radical (unpaired) electrons. The first-order chi connectivity index (χ1) is 6.58. The Morgan fingerprint density at radius 2 is 1.86 bits per heavy atom. The Morgan fingerprint density at radius 1 is 1.29 bits per heavy atom. The Labute approximate surface area is 88.8 Å². The highest BCUT2D eigenvalue weighted by Crippen LogP contribution is 2.23. The minimum Gasteiger partial charge on any atom is -0.320 e. The summed E-state index contributed by atoms with van der Waals surface area (Å²) >= 11 is 4.22. The standard InChI is InChI=1S/C9H17F2NOS/c1-6(14)12-7-2-4-8(5-3-7)13-9(10)11/h6-9,12,14H,2-5H2,1H3. The molecule has 0 aromatic heterocycles. The predicted molar refractivity (Wildman–Crippen MR) is 54.7 cm³/mol. The molecule has 1 rings (SSSR count). The maximum atomic E-state index is 11.9. The van der Waals surface area contributed by atoms with E-state index in [1.54, 1.807) is 0 Å². The molecule has 1 atom stereocenters. The lowest BCUT2D eigenvalue weighted by Crippen LogP contribution is -2.38. The summed E-state index contributed by atoms with van der Waals surface area (Å²) in [6, 6.07) is 0.403. The van der Waals surface area contributed by atoms with Gasteiger partial charge in [0.15, 0.2) is 0 Å². The van der Waals surface area contributed by atoms with Gasteiger partial charge < -0.3 is 10.1 Å². The van der Waals surface area contributed by atoms with Crippen molar-refractivity contribution in [2.45, 2.75) is 56.7 Å². The summed E-state index contributed by atoms with van der Waals surface area (Å²) in [6.07, 6.45) is 2.94. The first-order valence-electron chi connectivity index (χ1n) is 4.95. The van der Waals surface area contributed by atoms with E-state index in [0.717, 1.165) is 12.8 Å². The molecule has 0 aromatic rings. The minimum absolute atomic E-state index is 0.160. The van der Waals surface area contributed by atoms with Gasteiger partial charge in [-0.25, -0.2) is 0 Å². The molecule has 0 bridgehead atoms. The topological polar surface area (TPSA) is 21.3 Å². The number of thiol groups is 1. The van der Waals surface area contributed by atoms with Gasteiger partial charge in [-0.15, -0.1) is 0 Å². The summed E-state index contributed by atoms with van der Waals surface area (Å²) in [5, 5.41) is 3.44. The smallest absolute Gasteiger partial charge is 0.320 e. The second-order valence-electron chi connectivity index (χ2n) is 3.71. The van der Waals surface area contributed by atoms with Crippen molar-refractivity contribution in [3.8, 4) is 0 Å². The van der Waals surface area contributed by atoms with Gasteiger partial charge in [0.25, 0.3) is 0 Å².